The van der Waals surface area contributed by atoms with E-state index in [1.54, 1.807) is 11.6 Å². The number of carbonyl (C=O) groups excluding carboxylic acids is 1. The van der Waals surface area contributed by atoms with Gasteiger partial charge in [0.15, 0.2) is 5.75 Å². The molecule has 1 rings (SSSR count). The molecule has 0 fully saturated rings. The first-order valence-corrected chi connectivity index (χ1v) is 4.51. The Balaban J connectivity index is 3.14. The fraction of sp³-hybridized carbons (Fsp3) is 0.556. The number of aromatic nitrogens is 2. The first-order valence-electron chi connectivity index (χ1n) is 4.51. The minimum Gasteiger partial charge on any atom is -0.493 e. The van der Waals surface area contributed by atoms with E-state index in [2.05, 4.69) is 5.10 Å². The van der Waals surface area contributed by atoms with Crippen molar-refractivity contribution < 1.29 is 9.53 Å². The molecule has 0 saturated carbocycles. The highest BCUT2D eigenvalue weighted by atomic mass is 16.5. The molecule has 0 bridgehead atoms. The minimum atomic E-state index is -0.536. The Labute approximate surface area is 82.8 Å². The number of ether oxygens (including phenoxy) is 1. The van der Waals surface area contributed by atoms with Crippen molar-refractivity contribution in [3.05, 3.63) is 11.9 Å². The van der Waals surface area contributed by atoms with E-state index in [9.17, 15) is 4.79 Å². The smallest absolute Gasteiger partial charge is 0.201 e. The molecule has 1 unspecified atom stereocenters. The third-order valence-corrected chi connectivity index (χ3v) is 1.97. The van der Waals surface area contributed by atoms with Crippen LogP contribution in [0.25, 0.3) is 0 Å². The Morgan fingerprint density at radius 1 is 1.79 bits per heavy atom. The molecule has 5 nitrogen and oxygen atoms in total. The molecule has 14 heavy (non-hydrogen) atoms. The summed E-state index contributed by atoms with van der Waals surface area (Å²) in [6, 6.07) is -0.536. The van der Waals surface area contributed by atoms with Crippen molar-refractivity contribution in [1.29, 1.82) is 0 Å². The van der Waals surface area contributed by atoms with Crippen molar-refractivity contribution in [2.24, 2.45) is 5.73 Å². The Hall–Kier alpha value is -1.36. The zero-order chi connectivity index (χ0) is 10.7. The number of nitrogens with zero attached hydrogens (tertiary/aromatic N) is 2. The number of nitrogens with two attached hydrogens (primary N) is 1. The maximum Gasteiger partial charge on any atom is 0.201 e. The Kier molecular flexibility index (Phi) is 3.24. The Bertz CT molecular complexity index is 309. The third-order valence-electron chi connectivity index (χ3n) is 1.97. The molecular formula is C9H15N3O2. The second kappa shape index (κ2) is 4.23. The number of rotatable bonds is 4. The van der Waals surface area contributed by atoms with E-state index >= 15 is 0 Å². The van der Waals surface area contributed by atoms with Crippen LogP contribution in [0, 0.1) is 0 Å². The molecule has 0 aliphatic rings. The predicted octanol–water partition coefficient (Wildman–Crippen LogP) is 0.441. The van der Waals surface area contributed by atoms with E-state index in [-0.39, 0.29) is 5.78 Å². The monoisotopic (exact) mass is 197 g/mol. The first kappa shape index (κ1) is 10.7. The molecule has 1 aromatic rings. The summed E-state index contributed by atoms with van der Waals surface area (Å²) >= 11 is 0. The van der Waals surface area contributed by atoms with Gasteiger partial charge in [-0.1, -0.05) is 0 Å². The van der Waals surface area contributed by atoms with Gasteiger partial charge in [0.2, 0.25) is 5.78 Å². The number of methoxy groups -OCH3 is 1. The second-order valence-electron chi connectivity index (χ2n) is 3.03. The van der Waals surface area contributed by atoms with Gasteiger partial charge < -0.3 is 10.5 Å². The molecule has 0 spiro atoms. The van der Waals surface area contributed by atoms with Gasteiger partial charge in [0.1, 0.15) is 5.69 Å². The van der Waals surface area contributed by atoms with Gasteiger partial charge in [-0.2, -0.15) is 5.10 Å². The highest BCUT2D eigenvalue weighted by Crippen LogP contribution is 2.18. The molecule has 0 amide bonds. The number of hydrogen-bond donors (Lipinski definition) is 1. The van der Waals surface area contributed by atoms with Crippen molar-refractivity contribution in [2.75, 3.05) is 7.11 Å². The highest BCUT2D eigenvalue weighted by molar-refractivity contribution is 6.00. The van der Waals surface area contributed by atoms with Crippen LogP contribution in [-0.4, -0.2) is 28.7 Å². The van der Waals surface area contributed by atoms with E-state index in [0.29, 0.717) is 18.0 Å². The lowest BCUT2D eigenvalue weighted by Gasteiger charge is -2.08. The van der Waals surface area contributed by atoms with Crippen LogP contribution in [0.1, 0.15) is 24.3 Å². The van der Waals surface area contributed by atoms with Gasteiger partial charge in [-0.25, -0.2) is 0 Å². The molecule has 5 heteroatoms. The van der Waals surface area contributed by atoms with Crippen molar-refractivity contribution >= 4 is 5.78 Å². The quantitative estimate of drug-likeness (QED) is 0.711. The maximum atomic E-state index is 11.7. The molecule has 78 valence electrons. The SMILES string of the molecule is CCn1ncc(OC)c1C(=O)C(C)N. The van der Waals surface area contributed by atoms with Gasteiger partial charge in [-0.05, 0) is 13.8 Å². The molecular weight excluding hydrogens is 182 g/mol. The van der Waals surface area contributed by atoms with Crippen LogP contribution in [-0.2, 0) is 6.54 Å². The molecule has 1 heterocycles. The highest BCUT2D eigenvalue weighted by Gasteiger charge is 2.21. The normalized spacial score (nSPS) is 12.6. The van der Waals surface area contributed by atoms with Crippen LogP contribution in [0.15, 0.2) is 6.20 Å². The van der Waals surface area contributed by atoms with Gasteiger partial charge in [0.25, 0.3) is 0 Å². The maximum absolute atomic E-state index is 11.7. The number of aryl methyl sites for hydroxylation is 1. The molecule has 0 aliphatic heterocycles. The van der Waals surface area contributed by atoms with Crippen molar-refractivity contribution in [3.63, 3.8) is 0 Å². The van der Waals surface area contributed by atoms with Gasteiger partial charge in [-0.3, -0.25) is 9.48 Å². The van der Waals surface area contributed by atoms with Gasteiger partial charge in [0.05, 0.1) is 19.3 Å². The second-order valence-corrected chi connectivity index (χ2v) is 3.03. The summed E-state index contributed by atoms with van der Waals surface area (Å²) in [4.78, 5) is 11.7. The molecule has 1 atom stereocenters. The minimum absolute atomic E-state index is 0.152. The van der Waals surface area contributed by atoms with Crippen molar-refractivity contribution in [2.45, 2.75) is 26.4 Å². The van der Waals surface area contributed by atoms with E-state index in [4.69, 9.17) is 10.5 Å². The fourth-order valence-electron chi connectivity index (χ4n) is 1.22. The summed E-state index contributed by atoms with van der Waals surface area (Å²) in [6.07, 6.45) is 1.53. The molecule has 0 aliphatic carbocycles. The lowest BCUT2D eigenvalue weighted by Crippen LogP contribution is -2.29. The summed E-state index contributed by atoms with van der Waals surface area (Å²) in [7, 11) is 1.51. The average molecular weight is 197 g/mol. The van der Waals surface area contributed by atoms with Gasteiger partial charge in [-0.15, -0.1) is 0 Å². The number of Topliss-reactive ketones (excluding diaryl/α,β-unsaturated/α-hetero) is 1. The molecule has 0 aromatic carbocycles. The largest absolute Gasteiger partial charge is 0.493 e. The van der Waals surface area contributed by atoms with Gasteiger partial charge >= 0.3 is 0 Å². The zero-order valence-electron chi connectivity index (χ0n) is 8.65. The lowest BCUT2D eigenvalue weighted by molar-refractivity contribution is 0.0954. The summed E-state index contributed by atoms with van der Waals surface area (Å²) in [5.74, 6) is 0.329. The average Bonchev–Trinajstić information content (AvgIpc) is 2.58. The van der Waals surface area contributed by atoms with E-state index in [1.165, 1.54) is 13.3 Å². The number of ketones is 1. The van der Waals surface area contributed by atoms with E-state index in [1.807, 2.05) is 6.92 Å². The molecule has 0 radical (unpaired) electrons. The van der Waals surface area contributed by atoms with Crippen LogP contribution >= 0.6 is 0 Å². The summed E-state index contributed by atoms with van der Waals surface area (Å²) < 4.78 is 6.63. The fourth-order valence-corrected chi connectivity index (χ4v) is 1.22. The summed E-state index contributed by atoms with van der Waals surface area (Å²) in [5, 5.41) is 4.02. The van der Waals surface area contributed by atoms with Gasteiger partial charge in [0, 0.05) is 6.54 Å². The lowest BCUT2D eigenvalue weighted by atomic mass is 10.1. The molecule has 1 aromatic heterocycles. The standard InChI is InChI=1S/C9H15N3O2/c1-4-12-8(9(13)6(2)10)7(14-3)5-11-12/h5-6H,4,10H2,1-3H3. The molecule has 2 N–H and O–H groups in total. The van der Waals surface area contributed by atoms with Crippen LogP contribution in [0.3, 0.4) is 0 Å². The van der Waals surface area contributed by atoms with E-state index < -0.39 is 6.04 Å². The Morgan fingerprint density at radius 3 is 2.86 bits per heavy atom. The van der Waals surface area contributed by atoms with E-state index in [0.717, 1.165) is 0 Å². The Morgan fingerprint density at radius 2 is 2.43 bits per heavy atom. The van der Waals surface area contributed by atoms with Crippen LogP contribution in [0.5, 0.6) is 5.75 Å². The van der Waals surface area contributed by atoms with Crippen LogP contribution in [0.2, 0.25) is 0 Å². The van der Waals surface area contributed by atoms with Crippen LogP contribution < -0.4 is 10.5 Å². The number of hydrogen-bond acceptors (Lipinski definition) is 4. The summed E-state index contributed by atoms with van der Waals surface area (Å²) in [6.45, 7) is 4.18. The predicted molar refractivity (Wildman–Crippen MR) is 52.4 cm³/mol. The van der Waals surface area contributed by atoms with Crippen LogP contribution in [0.4, 0.5) is 0 Å². The molecule has 0 saturated heterocycles. The van der Waals surface area contributed by atoms with Crippen molar-refractivity contribution in [1.82, 2.24) is 9.78 Å². The first-order chi connectivity index (χ1) is 6.61. The zero-order valence-corrected chi connectivity index (χ0v) is 8.65. The third kappa shape index (κ3) is 1.77. The summed E-state index contributed by atoms with van der Waals surface area (Å²) in [5.41, 5.74) is 5.98. The topological polar surface area (TPSA) is 70.1 Å². The number of carbonyl (C=O) groups is 1. The van der Waals surface area contributed by atoms with Crippen molar-refractivity contribution in [3.8, 4) is 5.75 Å².